The van der Waals surface area contributed by atoms with Crippen molar-refractivity contribution in [2.24, 2.45) is 5.92 Å². The van der Waals surface area contributed by atoms with Crippen LogP contribution in [0, 0.1) is 29.0 Å². The van der Waals surface area contributed by atoms with Crippen molar-refractivity contribution in [1.82, 2.24) is 15.5 Å². The molecule has 1 aliphatic rings. The van der Waals surface area contributed by atoms with Gasteiger partial charge < -0.3 is 10.2 Å². The van der Waals surface area contributed by atoms with Crippen LogP contribution in [0.4, 0.5) is 4.39 Å². The maximum atomic E-state index is 14.4. The van der Waals surface area contributed by atoms with E-state index in [0.29, 0.717) is 18.5 Å². The van der Waals surface area contributed by atoms with Crippen LogP contribution in [-0.4, -0.2) is 48.7 Å². The van der Waals surface area contributed by atoms with E-state index >= 15 is 0 Å². The lowest BCUT2D eigenvalue weighted by atomic mass is 10.1. The highest BCUT2D eigenvalue weighted by atomic mass is 19.1. The second kappa shape index (κ2) is 8.40. The number of nitrogens with zero attached hydrogens (tertiary/aromatic N) is 1. The zero-order valence-electron chi connectivity index (χ0n) is 14.2. The molecule has 2 unspecified atom stereocenters. The maximum Gasteiger partial charge on any atom is 0.241 e. The molecule has 1 aromatic rings. The van der Waals surface area contributed by atoms with Crippen LogP contribution in [0.25, 0.3) is 0 Å². The smallest absolute Gasteiger partial charge is 0.241 e. The molecule has 6 nitrogen and oxygen atoms in total. The summed E-state index contributed by atoms with van der Waals surface area (Å²) in [5.41, 5.74) is 0.638. The van der Waals surface area contributed by atoms with E-state index in [0.717, 1.165) is 13.1 Å². The van der Waals surface area contributed by atoms with Gasteiger partial charge in [0.25, 0.3) is 0 Å². The van der Waals surface area contributed by atoms with E-state index in [1.807, 2.05) is 17.1 Å². The van der Waals surface area contributed by atoms with E-state index in [9.17, 15) is 14.0 Å². The van der Waals surface area contributed by atoms with Crippen molar-refractivity contribution in [2.75, 3.05) is 19.6 Å². The molecule has 2 rings (SSSR count). The summed E-state index contributed by atoms with van der Waals surface area (Å²) in [6, 6.07) is 4.54. The molecule has 2 amide bonds. The molecule has 0 radical (unpaired) electrons. The summed E-state index contributed by atoms with van der Waals surface area (Å²) in [4.78, 5) is 23.5. The van der Waals surface area contributed by atoms with Crippen molar-refractivity contribution in [3.63, 3.8) is 0 Å². The summed E-state index contributed by atoms with van der Waals surface area (Å²) in [6.07, 6.45) is 0.303. The van der Waals surface area contributed by atoms with E-state index in [1.54, 1.807) is 13.0 Å². The quantitative estimate of drug-likeness (QED) is 0.326. The molecule has 1 aromatic carbocycles. The fraction of sp³-hybridized carbons (Fsp3) is 0.389. The average molecular weight is 344 g/mol. The molecule has 7 heteroatoms. The minimum atomic E-state index is -0.687. The molecule has 132 valence electrons. The minimum Gasteiger partial charge on any atom is -0.351 e. The predicted molar refractivity (Wildman–Crippen MR) is 92.5 cm³/mol. The number of piperazine rings is 1. The van der Waals surface area contributed by atoms with Gasteiger partial charge in [0.05, 0.1) is 11.5 Å². The zero-order valence-corrected chi connectivity index (χ0v) is 14.2. The number of rotatable bonds is 3. The third kappa shape index (κ3) is 4.64. The van der Waals surface area contributed by atoms with Gasteiger partial charge in [0.1, 0.15) is 11.7 Å². The van der Waals surface area contributed by atoms with Crippen molar-refractivity contribution in [3.05, 3.63) is 35.1 Å². The van der Waals surface area contributed by atoms with Gasteiger partial charge in [-0.15, -0.1) is 0 Å². The van der Waals surface area contributed by atoms with Gasteiger partial charge in [-0.3, -0.25) is 20.3 Å². The lowest BCUT2D eigenvalue weighted by molar-refractivity contribution is -0.126. The summed E-state index contributed by atoms with van der Waals surface area (Å²) in [5.74, 6) is 3.83. The molecule has 0 bridgehead atoms. The van der Waals surface area contributed by atoms with Gasteiger partial charge in [0.15, 0.2) is 0 Å². The van der Waals surface area contributed by atoms with Crippen LogP contribution in [0.1, 0.15) is 25.0 Å². The number of hydrogen-bond donors (Lipinski definition) is 3. The molecular weight excluding hydrogens is 323 g/mol. The van der Waals surface area contributed by atoms with Crippen LogP contribution < -0.4 is 10.6 Å². The van der Waals surface area contributed by atoms with Gasteiger partial charge in [0, 0.05) is 31.2 Å². The number of carbonyl (C=O) groups is 2. The molecule has 1 heterocycles. The Kier molecular flexibility index (Phi) is 6.25. The average Bonchev–Trinajstić information content (AvgIpc) is 2.59. The Bertz CT molecular complexity index is 738. The third-order valence-corrected chi connectivity index (χ3v) is 4.04. The predicted octanol–water partition coefficient (Wildman–Crippen LogP) is 0.705. The zero-order chi connectivity index (χ0) is 18.4. The topological polar surface area (TPSA) is 85.3 Å². The van der Waals surface area contributed by atoms with E-state index in [2.05, 4.69) is 17.2 Å². The minimum absolute atomic E-state index is 0.122. The Morgan fingerprint density at radius 1 is 1.56 bits per heavy atom. The SMILES string of the molecule is CC(C#Cc1ccc(C(=N)N2CCNCC2C)c(F)c1)C(=O)NC=O. The van der Waals surface area contributed by atoms with Gasteiger partial charge in [-0.2, -0.15) is 0 Å². The Morgan fingerprint density at radius 2 is 2.32 bits per heavy atom. The number of hydrogen-bond acceptors (Lipinski definition) is 4. The molecule has 0 spiro atoms. The van der Waals surface area contributed by atoms with Gasteiger partial charge in [-0.05, 0) is 32.0 Å². The van der Waals surface area contributed by atoms with Crippen molar-refractivity contribution in [3.8, 4) is 11.8 Å². The Labute approximate surface area is 146 Å². The first-order valence-electron chi connectivity index (χ1n) is 8.05. The van der Waals surface area contributed by atoms with Crippen LogP contribution in [0.15, 0.2) is 18.2 Å². The molecule has 0 saturated carbocycles. The monoisotopic (exact) mass is 344 g/mol. The molecule has 1 aliphatic heterocycles. The maximum absolute atomic E-state index is 14.4. The van der Waals surface area contributed by atoms with E-state index in [-0.39, 0.29) is 17.4 Å². The molecule has 2 atom stereocenters. The van der Waals surface area contributed by atoms with E-state index in [4.69, 9.17) is 5.41 Å². The van der Waals surface area contributed by atoms with Gasteiger partial charge >= 0.3 is 0 Å². The first kappa shape index (κ1) is 18.6. The molecular formula is C18H21FN4O2. The molecule has 3 N–H and O–H groups in total. The Morgan fingerprint density at radius 3 is 2.96 bits per heavy atom. The summed E-state index contributed by atoms with van der Waals surface area (Å²) >= 11 is 0. The largest absolute Gasteiger partial charge is 0.351 e. The van der Waals surface area contributed by atoms with Gasteiger partial charge in [0.2, 0.25) is 12.3 Å². The van der Waals surface area contributed by atoms with Crippen LogP contribution in [0.5, 0.6) is 0 Å². The standard InChI is InChI=1S/C18H21FN4O2/c1-12(18(25)22-11-24)3-4-14-5-6-15(16(19)9-14)17(20)23-8-7-21-10-13(23)2/h5-6,9,11-13,20-21H,7-8,10H2,1-2H3,(H,22,24,25). The second-order valence-electron chi connectivity index (χ2n) is 5.91. The first-order valence-corrected chi connectivity index (χ1v) is 8.05. The highest BCUT2D eigenvalue weighted by molar-refractivity contribution is 5.97. The molecule has 1 saturated heterocycles. The van der Waals surface area contributed by atoms with Crippen LogP contribution in [0.2, 0.25) is 0 Å². The Hall–Kier alpha value is -2.72. The fourth-order valence-electron chi connectivity index (χ4n) is 2.55. The molecule has 1 fully saturated rings. The number of nitrogens with one attached hydrogen (secondary N) is 3. The summed E-state index contributed by atoms with van der Waals surface area (Å²) < 4.78 is 14.4. The Balaban J connectivity index is 2.14. The van der Waals surface area contributed by atoms with Crippen LogP contribution in [0.3, 0.4) is 0 Å². The summed E-state index contributed by atoms with van der Waals surface area (Å²) in [5, 5.41) is 13.5. The number of amidine groups is 1. The van der Waals surface area contributed by atoms with Crippen molar-refractivity contribution in [2.45, 2.75) is 19.9 Å². The number of halogens is 1. The van der Waals surface area contributed by atoms with Crippen LogP contribution >= 0.6 is 0 Å². The normalized spacial score (nSPS) is 17.9. The number of carbonyl (C=O) groups excluding carboxylic acids is 2. The van der Waals surface area contributed by atoms with Crippen molar-refractivity contribution >= 4 is 18.2 Å². The van der Waals surface area contributed by atoms with Gasteiger partial charge in [-0.1, -0.05) is 11.8 Å². The number of benzene rings is 1. The highest BCUT2D eigenvalue weighted by Crippen LogP contribution is 2.15. The highest BCUT2D eigenvalue weighted by Gasteiger charge is 2.23. The lowest BCUT2D eigenvalue weighted by Gasteiger charge is -2.36. The van der Waals surface area contributed by atoms with E-state index < -0.39 is 17.6 Å². The third-order valence-electron chi connectivity index (χ3n) is 4.04. The first-order chi connectivity index (χ1) is 11.9. The van der Waals surface area contributed by atoms with Crippen LogP contribution in [-0.2, 0) is 9.59 Å². The number of amides is 2. The summed E-state index contributed by atoms with van der Waals surface area (Å²) in [7, 11) is 0. The lowest BCUT2D eigenvalue weighted by Crippen LogP contribution is -2.52. The fourth-order valence-corrected chi connectivity index (χ4v) is 2.55. The molecule has 0 aromatic heterocycles. The van der Waals surface area contributed by atoms with Crippen molar-refractivity contribution < 1.29 is 14.0 Å². The number of imide groups is 1. The second-order valence-corrected chi connectivity index (χ2v) is 5.91. The van der Waals surface area contributed by atoms with Gasteiger partial charge in [-0.25, -0.2) is 4.39 Å². The van der Waals surface area contributed by atoms with E-state index in [1.165, 1.54) is 12.1 Å². The van der Waals surface area contributed by atoms with Crippen molar-refractivity contribution in [1.29, 1.82) is 5.41 Å². The molecule has 0 aliphatic carbocycles. The summed E-state index contributed by atoms with van der Waals surface area (Å²) in [6.45, 7) is 5.72. The molecule has 25 heavy (non-hydrogen) atoms.